The minimum Gasteiger partial charge on any atom is -0.323 e. The third-order valence-corrected chi connectivity index (χ3v) is 12.4. The summed E-state index contributed by atoms with van der Waals surface area (Å²) >= 11 is 0. The Kier molecular flexibility index (Phi) is 6.14. The molecule has 0 nitrogen and oxygen atoms in total. The van der Waals surface area contributed by atoms with E-state index in [1.807, 2.05) is 0 Å². The van der Waals surface area contributed by atoms with Crippen molar-refractivity contribution in [3.05, 3.63) is 18.6 Å². The van der Waals surface area contributed by atoms with E-state index in [0.717, 1.165) is 35.5 Å². The van der Waals surface area contributed by atoms with Crippen molar-refractivity contribution in [2.75, 3.05) is 0 Å². The van der Waals surface area contributed by atoms with E-state index in [0.29, 0.717) is 21.7 Å². The number of rotatable bonds is 1. The van der Waals surface area contributed by atoms with Gasteiger partial charge in [-0.2, -0.15) is 11.8 Å². The number of allylic oxidation sites excluding steroid dienone is 1. The fourth-order valence-electron chi connectivity index (χ4n) is 10.6. The summed E-state index contributed by atoms with van der Waals surface area (Å²) in [6.45, 7) is 20.1. The summed E-state index contributed by atoms with van der Waals surface area (Å²) in [6.07, 6.45) is 17.3. The second-order valence-electron chi connectivity index (χ2n) is 13.7. The number of hydrogen-bond acceptors (Lipinski definition) is 0. The molecule has 0 bridgehead atoms. The molecule has 0 amide bonds. The Morgan fingerprint density at radius 1 is 0.767 bits per heavy atom. The first-order chi connectivity index (χ1) is 13.5. The van der Waals surface area contributed by atoms with E-state index in [2.05, 4.69) is 54.5 Å². The van der Waals surface area contributed by atoms with E-state index >= 15 is 0 Å². The first-order valence-corrected chi connectivity index (χ1v) is 13.0. The molecule has 167 valence electrons. The SMILES string of the molecule is C=C(C)C1CCC2(C)CCC3(C)C(CCC4C5CC[CH-]C(C)(C)C5CCC43C)C12.[Y]. The normalized spacial score (nSPS) is 54.1. The molecule has 9 atom stereocenters. The van der Waals surface area contributed by atoms with Gasteiger partial charge in [-0.25, -0.2) is 0 Å². The number of fused-ring (bicyclic) bond motifs is 7. The molecule has 5 aliphatic rings. The summed E-state index contributed by atoms with van der Waals surface area (Å²) in [7, 11) is 0. The van der Waals surface area contributed by atoms with Crippen LogP contribution in [0.3, 0.4) is 0 Å². The second kappa shape index (κ2) is 7.68. The van der Waals surface area contributed by atoms with Gasteiger partial charge >= 0.3 is 0 Å². The van der Waals surface area contributed by atoms with Crippen molar-refractivity contribution in [3.8, 4) is 0 Å². The predicted octanol–water partition coefficient (Wildman–Crippen LogP) is 8.48. The van der Waals surface area contributed by atoms with Gasteiger partial charge in [-0.3, -0.25) is 0 Å². The molecule has 0 saturated heterocycles. The van der Waals surface area contributed by atoms with Crippen molar-refractivity contribution in [2.24, 2.45) is 57.2 Å². The summed E-state index contributed by atoms with van der Waals surface area (Å²) in [5.74, 6) is 5.55. The third-order valence-electron chi connectivity index (χ3n) is 12.4. The average Bonchev–Trinajstić information content (AvgIpc) is 3.00. The quantitative estimate of drug-likeness (QED) is 0.259. The molecular weight excluding hydrogens is 437 g/mol. The molecule has 30 heavy (non-hydrogen) atoms. The third kappa shape index (κ3) is 3.11. The number of hydrogen-bond donors (Lipinski definition) is 0. The van der Waals surface area contributed by atoms with Gasteiger partial charge in [0.05, 0.1) is 0 Å². The predicted molar refractivity (Wildman–Crippen MR) is 124 cm³/mol. The van der Waals surface area contributed by atoms with Crippen molar-refractivity contribution < 1.29 is 32.7 Å². The monoisotopic (exact) mass is 484 g/mol. The zero-order valence-corrected chi connectivity index (χ0v) is 23.7. The maximum Gasteiger partial charge on any atom is 0 e. The van der Waals surface area contributed by atoms with E-state index in [9.17, 15) is 0 Å². The van der Waals surface area contributed by atoms with Gasteiger partial charge in [0, 0.05) is 32.7 Å². The van der Waals surface area contributed by atoms with Gasteiger partial charge in [-0.15, -0.1) is 0 Å². The zero-order chi connectivity index (χ0) is 20.8. The zero-order valence-electron chi connectivity index (χ0n) is 20.9. The molecular formula is C29H47Y-. The molecule has 9 unspecified atom stereocenters. The van der Waals surface area contributed by atoms with Gasteiger partial charge < -0.3 is 6.42 Å². The summed E-state index contributed by atoms with van der Waals surface area (Å²) < 4.78 is 0. The Morgan fingerprint density at radius 3 is 2.13 bits per heavy atom. The van der Waals surface area contributed by atoms with Gasteiger partial charge in [0.25, 0.3) is 0 Å². The Bertz CT molecular complexity index is 692. The van der Waals surface area contributed by atoms with E-state index in [4.69, 9.17) is 0 Å². The van der Waals surface area contributed by atoms with Crippen LogP contribution >= 0.6 is 0 Å². The Morgan fingerprint density at radius 2 is 1.43 bits per heavy atom. The molecule has 0 heterocycles. The van der Waals surface area contributed by atoms with Crippen LogP contribution in [0.2, 0.25) is 0 Å². The van der Waals surface area contributed by atoms with Gasteiger partial charge in [-0.1, -0.05) is 65.5 Å². The Balaban J connectivity index is 0.00000218. The molecule has 1 radical (unpaired) electrons. The van der Waals surface area contributed by atoms with Crippen LogP contribution < -0.4 is 0 Å². The molecule has 5 saturated carbocycles. The molecule has 1 heteroatoms. The van der Waals surface area contributed by atoms with Crippen molar-refractivity contribution in [3.63, 3.8) is 0 Å². The minimum absolute atomic E-state index is 0. The van der Waals surface area contributed by atoms with Gasteiger partial charge in [0.15, 0.2) is 0 Å². The summed E-state index contributed by atoms with van der Waals surface area (Å²) in [5.41, 5.74) is 3.66. The van der Waals surface area contributed by atoms with Crippen LogP contribution in [0.4, 0.5) is 0 Å². The summed E-state index contributed by atoms with van der Waals surface area (Å²) in [6, 6.07) is 0. The van der Waals surface area contributed by atoms with Gasteiger partial charge in [0.2, 0.25) is 0 Å². The van der Waals surface area contributed by atoms with Crippen molar-refractivity contribution >= 4 is 0 Å². The largest absolute Gasteiger partial charge is 0.323 e. The molecule has 5 aliphatic carbocycles. The van der Waals surface area contributed by atoms with Gasteiger partial charge in [-0.05, 0) is 97.7 Å². The summed E-state index contributed by atoms with van der Waals surface area (Å²) in [5, 5.41) is 0. The van der Waals surface area contributed by atoms with E-state index in [1.54, 1.807) is 0 Å². The van der Waals surface area contributed by atoms with Crippen LogP contribution in [0.25, 0.3) is 0 Å². The first kappa shape index (κ1) is 24.0. The minimum atomic E-state index is 0. The average molecular weight is 485 g/mol. The first-order valence-electron chi connectivity index (χ1n) is 13.0. The molecule has 0 aliphatic heterocycles. The van der Waals surface area contributed by atoms with Crippen LogP contribution in [0.15, 0.2) is 12.2 Å². The fourth-order valence-corrected chi connectivity index (χ4v) is 10.6. The van der Waals surface area contributed by atoms with E-state index < -0.39 is 0 Å². The van der Waals surface area contributed by atoms with Crippen molar-refractivity contribution in [1.29, 1.82) is 0 Å². The Hall–Kier alpha value is 0.844. The van der Waals surface area contributed by atoms with Crippen molar-refractivity contribution in [2.45, 2.75) is 106 Å². The van der Waals surface area contributed by atoms with E-state index in [-0.39, 0.29) is 32.7 Å². The van der Waals surface area contributed by atoms with Crippen LogP contribution in [-0.2, 0) is 32.7 Å². The molecule has 0 aromatic rings. The second-order valence-corrected chi connectivity index (χ2v) is 13.7. The molecule has 0 N–H and O–H groups in total. The van der Waals surface area contributed by atoms with Crippen LogP contribution in [0.1, 0.15) is 106 Å². The van der Waals surface area contributed by atoms with Gasteiger partial charge in [0.1, 0.15) is 0 Å². The fraction of sp³-hybridized carbons (Fsp3) is 0.897. The molecule has 5 fully saturated rings. The van der Waals surface area contributed by atoms with E-state index in [1.165, 1.54) is 69.8 Å². The Labute approximate surface area is 213 Å². The summed E-state index contributed by atoms with van der Waals surface area (Å²) in [4.78, 5) is 0. The van der Waals surface area contributed by atoms with Crippen LogP contribution in [-0.4, -0.2) is 0 Å². The smallest absolute Gasteiger partial charge is 0 e. The molecule has 0 aromatic heterocycles. The maximum atomic E-state index is 4.48. The van der Waals surface area contributed by atoms with Crippen molar-refractivity contribution in [1.82, 2.24) is 0 Å². The molecule has 0 spiro atoms. The topological polar surface area (TPSA) is 0 Å². The maximum absolute atomic E-state index is 4.48. The molecule has 0 aromatic carbocycles. The van der Waals surface area contributed by atoms with Crippen LogP contribution in [0.5, 0.6) is 0 Å². The molecule has 5 rings (SSSR count). The van der Waals surface area contributed by atoms with Crippen LogP contribution in [0, 0.1) is 63.6 Å². The standard InChI is InChI=1S/C29H47.Y/c1-19(2)20-12-15-27(5)17-18-29(7)24(25(20)27)11-10-23-21-9-8-14-26(3,4)22(21)13-16-28(23,29)6;/h14,20-25H,1,8-13,15-18H2,2-7H3;/q-1;.